The van der Waals surface area contributed by atoms with Gasteiger partial charge in [-0.3, -0.25) is 9.20 Å². The predicted octanol–water partition coefficient (Wildman–Crippen LogP) is 3.29. The van der Waals surface area contributed by atoms with Gasteiger partial charge in [0.15, 0.2) is 0 Å². The molecule has 0 saturated heterocycles. The van der Waals surface area contributed by atoms with Crippen LogP contribution in [0.15, 0.2) is 42.6 Å². The number of aryl methyl sites for hydroxylation is 1. The lowest BCUT2D eigenvalue weighted by Crippen LogP contribution is -2.17. The highest BCUT2D eigenvalue weighted by atomic mass is 16.5. The molecular formula is C19H21N3O3. The molecule has 0 aliphatic heterocycles. The van der Waals surface area contributed by atoms with Crippen LogP contribution in [-0.4, -0.2) is 35.6 Å². The van der Waals surface area contributed by atoms with Crippen molar-refractivity contribution in [2.75, 3.05) is 25.6 Å². The highest BCUT2D eigenvalue weighted by Gasteiger charge is 2.16. The monoisotopic (exact) mass is 339 g/mol. The number of carbonyl (C=O) groups excluding carboxylic acids is 1. The fourth-order valence-corrected chi connectivity index (χ4v) is 2.69. The van der Waals surface area contributed by atoms with Crippen molar-refractivity contribution in [3.63, 3.8) is 0 Å². The number of fused-ring (bicyclic) bond motifs is 1. The van der Waals surface area contributed by atoms with Gasteiger partial charge < -0.3 is 14.8 Å². The number of hydrogen-bond acceptors (Lipinski definition) is 5. The van der Waals surface area contributed by atoms with Gasteiger partial charge in [0.1, 0.15) is 29.5 Å². The molecule has 25 heavy (non-hydrogen) atoms. The van der Waals surface area contributed by atoms with Crippen LogP contribution in [-0.2, 0) is 9.53 Å². The van der Waals surface area contributed by atoms with E-state index in [1.807, 2.05) is 53.9 Å². The summed E-state index contributed by atoms with van der Waals surface area (Å²) in [5.74, 6) is 1.24. The molecule has 0 unspecified atom stereocenters. The number of anilines is 1. The van der Waals surface area contributed by atoms with Crippen LogP contribution in [0.5, 0.6) is 5.75 Å². The molecule has 0 amide bonds. The third-order valence-corrected chi connectivity index (χ3v) is 3.91. The summed E-state index contributed by atoms with van der Waals surface area (Å²) in [4.78, 5) is 16.5. The summed E-state index contributed by atoms with van der Waals surface area (Å²) < 4.78 is 12.2. The Balaban J connectivity index is 2.04. The number of benzene rings is 1. The zero-order valence-corrected chi connectivity index (χ0v) is 14.6. The molecule has 2 aromatic heterocycles. The van der Waals surface area contributed by atoms with Crippen molar-refractivity contribution in [2.24, 2.45) is 0 Å². The first-order valence-corrected chi connectivity index (χ1v) is 8.15. The lowest BCUT2D eigenvalue weighted by atomic mass is 10.1. The third-order valence-electron chi connectivity index (χ3n) is 3.91. The third kappa shape index (κ3) is 3.42. The summed E-state index contributed by atoms with van der Waals surface area (Å²) >= 11 is 0. The molecule has 130 valence electrons. The summed E-state index contributed by atoms with van der Waals surface area (Å²) in [6, 6.07) is 11.6. The molecule has 3 aromatic rings. The first-order chi connectivity index (χ1) is 12.1. The van der Waals surface area contributed by atoms with Crippen LogP contribution >= 0.6 is 0 Å². The number of aromatic nitrogens is 2. The van der Waals surface area contributed by atoms with Crippen LogP contribution in [0, 0.1) is 6.92 Å². The Kier molecular flexibility index (Phi) is 4.88. The van der Waals surface area contributed by atoms with Crippen LogP contribution in [0.3, 0.4) is 0 Å². The van der Waals surface area contributed by atoms with E-state index in [1.54, 1.807) is 14.0 Å². The number of methoxy groups -OCH3 is 1. The van der Waals surface area contributed by atoms with E-state index in [4.69, 9.17) is 14.5 Å². The maximum atomic E-state index is 11.7. The van der Waals surface area contributed by atoms with Gasteiger partial charge in [-0.25, -0.2) is 4.98 Å². The summed E-state index contributed by atoms with van der Waals surface area (Å²) in [6.07, 6.45) is 1.93. The Morgan fingerprint density at radius 1 is 1.24 bits per heavy atom. The smallest absolute Gasteiger partial charge is 0.325 e. The van der Waals surface area contributed by atoms with Crippen LogP contribution in [0.1, 0.15) is 12.5 Å². The molecule has 0 radical (unpaired) electrons. The average molecular weight is 339 g/mol. The van der Waals surface area contributed by atoms with E-state index < -0.39 is 0 Å². The molecular weight excluding hydrogens is 318 g/mol. The highest BCUT2D eigenvalue weighted by molar-refractivity contribution is 5.81. The van der Waals surface area contributed by atoms with E-state index >= 15 is 0 Å². The maximum absolute atomic E-state index is 11.7. The van der Waals surface area contributed by atoms with Crippen LogP contribution in [0.2, 0.25) is 0 Å². The number of nitrogens with one attached hydrogen (secondary N) is 1. The molecule has 1 aromatic carbocycles. The lowest BCUT2D eigenvalue weighted by Gasteiger charge is -2.09. The lowest BCUT2D eigenvalue weighted by molar-refractivity contribution is -0.140. The van der Waals surface area contributed by atoms with Gasteiger partial charge in [-0.05, 0) is 49.7 Å². The van der Waals surface area contributed by atoms with Crippen molar-refractivity contribution in [3.05, 3.63) is 48.2 Å². The minimum absolute atomic E-state index is 0.0821. The summed E-state index contributed by atoms with van der Waals surface area (Å²) in [6.45, 7) is 4.24. The number of carbonyl (C=O) groups is 1. The standard InChI is InChI=1S/C19H21N3O3/c1-4-25-16(23)12-20-19-17(14-7-9-15(24-3)10-8-14)21-18-13(2)6-5-11-22(18)19/h5-11,20H,4,12H2,1-3H3. The molecule has 0 saturated carbocycles. The van der Waals surface area contributed by atoms with Gasteiger partial charge in [0.25, 0.3) is 0 Å². The quantitative estimate of drug-likeness (QED) is 0.698. The highest BCUT2D eigenvalue weighted by Crippen LogP contribution is 2.30. The normalized spacial score (nSPS) is 10.7. The first-order valence-electron chi connectivity index (χ1n) is 8.15. The Morgan fingerprint density at radius 3 is 2.68 bits per heavy atom. The van der Waals surface area contributed by atoms with E-state index in [9.17, 15) is 4.79 Å². The van der Waals surface area contributed by atoms with E-state index in [-0.39, 0.29) is 12.5 Å². The number of pyridine rings is 1. The Hall–Kier alpha value is -3.02. The summed E-state index contributed by atoms with van der Waals surface area (Å²) in [5.41, 5.74) is 3.62. The minimum atomic E-state index is -0.300. The second kappa shape index (κ2) is 7.25. The Morgan fingerprint density at radius 2 is 2.00 bits per heavy atom. The van der Waals surface area contributed by atoms with E-state index in [0.29, 0.717) is 6.61 Å². The van der Waals surface area contributed by atoms with Gasteiger partial charge in [-0.2, -0.15) is 0 Å². The maximum Gasteiger partial charge on any atom is 0.325 e. The van der Waals surface area contributed by atoms with Crippen molar-refractivity contribution in [3.8, 4) is 17.0 Å². The number of imidazole rings is 1. The molecule has 6 nitrogen and oxygen atoms in total. The molecule has 0 fully saturated rings. The molecule has 3 rings (SSSR count). The zero-order chi connectivity index (χ0) is 17.8. The molecule has 0 atom stereocenters. The fraction of sp³-hybridized carbons (Fsp3) is 0.263. The van der Waals surface area contributed by atoms with Crippen molar-refractivity contribution in [2.45, 2.75) is 13.8 Å². The SMILES string of the molecule is CCOC(=O)CNc1c(-c2ccc(OC)cc2)nc2c(C)cccn12. The number of ether oxygens (including phenoxy) is 2. The van der Waals surface area contributed by atoms with E-state index in [1.165, 1.54) is 0 Å². The zero-order valence-electron chi connectivity index (χ0n) is 14.6. The largest absolute Gasteiger partial charge is 0.497 e. The van der Waals surface area contributed by atoms with Gasteiger partial charge in [0.2, 0.25) is 0 Å². The van der Waals surface area contributed by atoms with Crippen molar-refractivity contribution < 1.29 is 14.3 Å². The van der Waals surface area contributed by atoms with Crippen molar-refractivity contribution >= 4 is 17.4 Å². The van der Waals surface area contributed by atoms with Crippen molar-refractivity contribution in [1.29, 1.82) is 0 Å². The van der Waals surface area contributed by atoms with Crippen LogP contribution < -0.4 is 10.1 Å². The van der Waals surface area contributed by atoms with Gasteiger partial charge in [0, 0.05) is 11.8 Å². The number of rotatable bonds is 6. The van der Waals surface area contributed by atoms with Gasteiger partial charge in [-0.15, -0.1) is 0 Å². The minimum Gasteiger partial charge on any atom is -0.497 e. The van der Waals surface area contributed by atoms with Crippen LogP contribution in [0.4, 0.5) is 5.82 Å². The predicted molar refractivity (Wildman–Crippen MR) is 97.0 cm³/mol. The molecule has 0 bridgehead atoms. The van der Waals surface area contributed by atoms with E-state index in [0.717, 1.165) is 34.0 Å². The second-order valence-electron chi connectivity index (χ2n) is 5.58. The first kappa shape index (κ1) is 16.8. The molecule has 0 spiro atoms. The average Bonchev–Trinajstić information content (AvgIpc) is 3.00. The molecule has 1 N–H and O–H groups in total. The molecule has 6 heteroatoms. The van der Waals surface area contributed by atoms with Gasteiger partial charge in [0.05, 0.1) is 13.7 Å². The number of esters is 1. The molecule has 0 aliphatic carbocycles. The fourth-order valence-electron chi connectivity index (χ4n) is 2.69. The molecule has 2 heterocycles. The van der Waals surface area contributed by atoms with Gasteiger partial charge in [-0.1, -0.05) is 6.07 Å². The van der Waals surface area contributed by atoms with Crippen LogP contribution in [0.25, 0.3) is 16.9 Å². The summed E-state index contributed by atoms with van der Waals surface area (Å²) in [5, 5.41) is 3.17. The molecule has 0 aliphatic rings. The number of hydrogen-bond donors (Lipinski definition) is 1. The summed E-state index contributed by atoms with van der Waals surface area (Å²) in [7, 11) is 1.63. The van der Waals surface area contributed by atoms with Gasteiger partial charge >= 0.3 is 5.97 Å². The van der Waals surface area contributed by atoms with E-state index in [2.05, 4.69) is 5.32 Å². The van der Waals surface area contributed by atoms with Crippen molar-refractivity contribution in [1.82, 2.24) is 9.38 Å². The Bertz CT molecular complexity index is 885. The Labute approximate surface area is 146 Å². The topological polar surface area (TPSA) is 64.9 Å². The number of nitrogens with zero attached hydrogens (tertiary/aromatic N) is 2. The second-order valence-corrected chi connectivity index (χ2v) is 5.58.